The maximum Gasteiger partial charge on any atom is 0.422 e. The van der Waals surface area contributed by atoms with Crippen LogP contribution in [0.25, 0.3) is 0 Å². The van der Waals surface area contributed by atoms with Gasteiger partial charge in [0.2, 0.25) is 0 Å². The summed E-state index contributed by atoms with van der Waals surface area (Å²) in [7, 11) is 1.35. The van der Waals surface area contributed by atoms with E-state index in [1.165, 1.54) is 13.2 Å². The second-order valence-corrected chi connectivity index (χ2v) is 4.97. The Hall–Kier alpha value is -1.14. The summed E-state index contributed by atoms with van der Waals surface area (Å²) in [6.45, 7) is 2.82. The van der Waals surface area contributed by atoms with Crippen LogP contribution in [0.4, 0.5) is 13.2 Å². The molecule has 0 fully saturated rings. The summed E-state index contributed by atoms with van der Waals surface area (Å²) in [6, 6.07) is 3.16. The highest BCUT2D eigenvalue weighted by atomic mass is 35.5. The highest BCUT2D eigenvalue weighted by Crippen LogP contribution is 2.35. The molecule has 114 valence electrons. The van der Waals surface area contributed by atoms with Gasteiger partial charge < -0.3 is 14.8 Å². The van der Waals surface area contributed by atoms with E-state index in [4.69, 9.17) is 21.1 Å². The third-order valence-electron chi connectivity index (χ3n) is 2.40. The van der Waals surface area contributed by atoms with Crippen molar-refractivity contribution in [3.05, 3.63) is 22.7 Å². The molecule has 0 saturated carbocycles. The minimum Gasteiger partial charge on any atom is -0.493 e. The van der Waals surface area contributed by atoms with Gasteiger partial charge in [-0.05, 0) is 6.07 Å². The van der Waals surface area contributed by atoms with Gasteiger partial charge in [0.05, 0.1) is 7.11 Å². The van der Waals surface area contributed by atoms with Gasteiger partial charge in [-0.2, -0.15) is 13.2 Å². The zero-order valence-corrected chi connectivity index (χ0v) is 12.2. The van der Waals surface area contributed by atoms with Gasteiger partial charge in [-0.25, -0.2) is 0 Å². The van der Waals surface area contributed by atoms with E-state index in [1.807, 2.05) is 13.8 Å². The highest BCUT2D eigenvalue weighted by Gasteiger charge is 2.29. The smallest absolute Gasteiger partial charge is 0.422 e. The Morgan fingerprint density at radius 3 is 2.45 bits per heavy atom. The molecule has 0 aliphatic carbocycles. The number of hydrogen-bond acceptors (Lipinski definition) is 3. The lowest BCUT2D eigenvalue weighted by atomic mass is 10.1. The SMILES string of the molecule is COc1cc(Cl)cc(CNC(C)C)c1OCC(F)(F)F. The van der Waals surface area contributed by atoms with Gasteiger partial charge in [-0.1, -0.05) is 25.4 Å². The molecule has 1 aromatic rings. The van der Waals surface area contributed by atoms with Gasteiger partial charge in [-0.15, -0.1) is 0 Å². The summed E-state index contributed by atoms with van der Waals surface area (Å²) in [5.74, 6) is 0.240. The predicted molar refractivity (Wildman–Crippen MR) is 71.5 cm³/mol. The lowest BCUT2D eigenvalue weighted by Gasteiger charge is -2.18. The molecule has 1 rings (SSSR count). The van der Waals surface area contributed by atoms with E-state index in [0.29, 0.717) is 17.1 Å². The van der Waals surface area contributed by atoms with Gasteiger partial charge in [0.1, 0.15) is 0 Å². The lowest BCUT2D eigenvalue weighted by molar-refractivity contribution is -0.153. The fourth-order valence-electron chi connectivity index (χ4n) is 1.54. The van der Waals surface area contributed by atoms with E-state index in [9.17, 15) is 13.2 Å². The Bertz CT molecular complexity index is 450. The van der Waals surface area contributed by atoms with Crippen LogP contribution in [0.15, 0.2) is 12.1 Å². The van der Waals surface area contributed by atoms with Crippen molar-refractivity contribution in [1.29, 1.82) is 0 Å². The third kappa shape index (κ3) is 5.46. The molecule has 0 bridgehead atoms. The van der Waals surface area contributed by atoms with Crippen LogP contribution in [0, 0.1) is 0 Å². The van der Waals surface area contributed by atoms with Crippen molar-refractivity contribution in [1.82, 2.24) is 5.32 Å². The fraction of sp³-hybridized carbons (Fsp3) is 0.538. The van der Waals surface area contributed by atoms with Crippen LogP contribution < -0.4 is 14.8 Å². The first-order chi connectivity index (χ1) is 9.23. The minimum atomic E-state index is -4.41. The molecule has 7 heteroatoms. The number of hydrogen-bond donors (Lipinski definition) is 1. The molecule has 0 aromatic heterocycles. The van der Waals surface area contributed by atoms with Crippen LogP contribution in [-0.2, 0) is 6.54 Å². The first-order valence-electron chi connectivity index (χ1n) is 6.02. The summed E-state index contributed by atoms with van der Waals surface area (Å²) in [6.07, 6.45) is -4.41. The molecule has 0 atom stereocenters. The van der Waals surface area contributed by atoms with Crippen LogP contribution >= 0.6 is 11.6 Å². The molecule has 0 aliphatic rings. The van der Waals surface area contributed by atoms with E-state index >= 15 is 0 Å². The van der Waals surface area contributed by atoms with E-state index in [1.54, 1.807) is 6.07 Å². The van der Waals surface area contributed by atoms with Crippen molar-refractivity contribution in [3.63, 3.8) is 0 Å². The molecule has 3 nitrogen and oxygen atoms in total. The van der Waals surface area contributed by atoms with Crippen molar-refractivity contribution in [3.8, 4) is 11.5 Å². The zero-order chi connectivity index (χ0) is 15.3. The fourth-order valence-corrected chi connectivity index (χ4v) is 1.77. The summed E-state index contributed by atoms with van der Waals surface area (Å²) >= 11 is 5.92. The molecular formula is C13H17ClF3NO2. The number of methoxy groups -OCH3 is 1. The van der Waals surface area contributed by atoms with E-state index < -0.39 is 12.8 Å². The number of nitrogens with one attached hydrogen (secondary N) is 1. The van der Waals surface area contributed by atoms with Gasteiger partial charge in [0.25, 0.3) is 0 Å². The van der Waals surface area contributed by atoms with Gasteiger partial charge in [-0.3, -0.25) is 0 Å². The monoisotopic (exact) mass is 311 g/mol. The molecular weight excluding hydrogens is 295 g/mol. The maximum atomic E-state index is 12.3. The van der Waals surface area contributed by atoms with E-state index in [2.05, 4.69) is 5.32 Å². The second-order valence-electron chi connectivity index (χ2n) is 4.54. The van der Waals surface area contributed by atoms with Crippen LogP contribution in [0.1, 0.15) is 19.4 Å². The highest BCUT2D eigenvalue weighted by molar-refractivity contribution is 6.30. The molecule has 0 amide bonds. The van der Waals surface area contributed by atoms with Gasteiger partial charge in [0, 0.05) is 29.2 Å². The van der Waals surface area contributed by atoms with E-state index in [-0.39, 0.29) is 17.5 Å². The normalized spacial score (nSPS) is 11.8. The Morgan fingerprint density at radius 2 is 1.95 bits per heavy atom. The lowest BCUT2D eigenvalue weighted by Crippen LogP contribution is -2.24. The molecule has 0 unspecified atom stereocenters. The average molecular weight is 312 g/mol. The third-order valence-corrected chi connectivity index (χ3v) is 2.62. The maximum absolute atomic E-state index is 12.3. The topological polar surface area (TPSA) is 30.5 Å². The van der Waals surface area contributed by atoms with Crippen molar-refractivity contribution in [2.75, 3.05) is 13.7 Å². The first-order valence-corrected chi connectivity index (χ1v) is 6.40. The predicted octanol–water partition coefficient (Wildman–Crippen LogP) is 3.79. The molecule has 1 aromatic carbocycles. The molecule has 0 heterocycles. The summed E-state index contributed by atoms with van der Waals surface area (Å²) < 4.78 is 46.8. The molecule has 0 aliphatic heterocycles. The standard InChI is InChI=1S/C13H17ClF3NO2/c1-8(2)18-6-9-4-10(14)5-11(19-3)12(9)20-7-13(15,16)17/h4-5,8,18H,6-7H2,1-3H3. The number of ether oxygens (including phenoxy) is 2. The van der Waals surface area contributed by atoms with Crippen molar-refractivity contribution >= 4 is 11.6 Å². The van der Waals surface area contributed by atoms with Crippen LogP contribution in [0.2, 0.25) is 5.02 Å². The minimum absolute atomic E-state index is 0.0578. The van der Waals surface area contributed by atoms with Crippen LogP contribution in [-0.4, -0.2) is 25.9 Å². The largest absolute Gasteiger partial charge is 0.493 e. The molecule has 0 radical (unpaired) electrons. The number of rotatable bonds is 6. The van der Waals surface area contributed by atoms with Crippen LogP contribution in [0.3, 0.4) is 0 Å². The Labute approximate surface area is 121 Å². The Kier molecular flexibility index (Phi) is 5.95. The summed E-state index contributed by atoms with van der Waals surface area (Å²) in [5.41, 5.74) is 0.521. The van der Waals surface area contributed by atoms with E-state index in [0.717, 1.165) is 0 Å². The Morgan fingerprint density at radius 1 is 1.30 bits per heavy atom. The number of halogens is 4. The van der Waals surface area contributed by atoms with Crippen molar-refractivity contribution < 1.29 is 22.6 Å². The molecule has 0 saturated heterocycles. The number of alkyl halides is 3. The quantitative estimate of drug-likeness (QED) is 0.867. The van der Waals surface area contributed by atoms with Gasteiger partial charge in [0.15, 0.2) is 18.1 Å². The molecule has 0 spiro atoms. The van der Waals surface area contributed by atoms with Gasteiger partial charge >= 0.3 is 6.18 Å². The molecule has 1 N–H and O–H groups in total. The Balaban J connectivity index is 3.02. The number of benzene rings is 1. The first kappa shape index (κ1) is 16.9. The summed E-state index contributed by atoms with van der Waals surface area (Å²) in [5, 5.41) is 3.48. The average Bonchev–Trinajstić information content (AvgIpc) is 2.32. The summed E-state index contributed by atoms with van der Waals surface area (Å²) in [4.78, 5) is 0. The molecule has 20 heavy (non-hydrogen) atoms. The second kappa shape index (κ2) is 7.04. The van der Waals surface area contributed by atoms with Crippen LogP contribution in [0.5, 0.6) is 11.5 Å². The van der Waals surface area contributed by atoms with Crippen molar-refractivity contribution in [2.24, 2.45) is 0 Å². The zero-order valence-electron chi connectivity index (χ0n) is 11.5. The van der Waals surface area contributed by atoms with Crippen molar-refractivity contribution in [2.45, 2.75) is 32.6 Å².